The van der Waals surface area contributed by atoms with Gasteiger partial charge in [-0.3, -0.25) is 4.79 Å². The van der Waals surface area contributed by atoms with Crippen molar-refractivity contribution in [3.05, 3.63) is 40.8 Å². The predicted molar refractivity (Wildman–Crippen MR) is 90.7 cm³/mol. The van der Waals surface area contributed by atoms with Crippen LogP contribution in [-0.4, -0.2) is 22.2 Å². The molecule has 1 aromatic carbocycles. The van der Waals surface area contributed by atoms with Gasteiger partial charge in [0.15, 0.2) is 0 Å². The van der Waals surface area contributed by atoms with Crippen molar-refractivity contribution < 1.29 is 9.18 Å². The first-order valence-electron chi connectivity index (χ1n) is 8.48. The van der Waals surface area contributed by atoms with Crippen LogP contribution in [0.4, 0.5) is 15.9 Å². The quantitative estimate of drug-likeness (QED) is 0.844. The van der Waals surface area contributed by atoms with Crippen LogP contribution in [0.2, 0.25) is 0 Å². The number of nitrogens with one attached hydrogen (secondary N) is 1. The molecule has 0 radical (unpaired) electrons. The van der Waals surface area contributed by atoms with Gasteiger partial charge < -0.3 is 11.1 Å². The van der Waals surface area contributed by atoms with Crippen LogP contribution in [0.5, 0.6) is 0 Å². The Balaban J connectivity index is 1.72. The van der Waals surface area contributed by atoms with Gasteiger partial charge in [-0.25, -0.2) is 4.39 Å². The number of hydrogen-bond acceptors (Lipinski definition) is 4. The van der Waals surface area contributed by atoms with Gasteiger partial charge in [0.1, 0.15) is 11.6 Å². The molecule has 2 heterocycles. The van der Waals surface area contributed by atoms with Crippen LogP contribution < -0.4 is 11.1 Å². The summed E-state index contributed by atoms with van der Waals surface area (Å²) in [5.41, 5.74) is 9.66. The number of hydrogen-bond donors (Lipinski definition) is 2. The Morgan fingerprint density at radius 2 is 2.25 bits per heavy atom. The highest BCUT2D eigenvalue weighted by Crippen LogP contribution is 2.35. The molecule has 0 spiro atoms. The van der Waals surface area contributed by atoms with Gasteiger partial charge in [0, 0.05) is 17.8 Å². The number of benzene rings is 1. The van der Waals surface area contributed by atoms with E-state index in [1.165, 1.54) is 16.8 Å². The molecule has 2 unspecified atom stereocenters. The number of halogens is 1. The van der Waals surface area contributed by atoms with Gasteiger partial charge in [0.2, 0.25) is 0 Å². The maximum absolute atomic E-state index is 13.7. The molecule has 0 bridgehead atoms. The number of carbonyl (C=O) groups is 1. The van der Waals surface area contributed by atoms with Crippen LogP contribution in [0, 0.1) is 11.7 Å². The molecule has 5 nitrogen and oxygen atoms in total. The minimum Gasteiger partial charge on any atom is -0.385 e. The molecule has 0 saturated carbocycles. The Morgan fingerprint density at radius 3 is 3.08 bits per heavy atom. The van der Waals surface area contributed by atoms with E-state index in [-0.39, 0.29) is 11.7 Å². The van der Waals surface area contributed by atoms with Crippen LogP contribution in [0.25, 0.3) is 0 Å². The first-order chi connectivity index (χ1) is 11.5. The maximum atomic E-state index is 13.7. The summed E-state index contributed by atoms with van der Waals surface area (Å²) in [6, 6.07) is 4.52. The van der Waals surface area contributed by atoms with E-state index >= 15 is 0 Å². The predicted octanol–water partition coefficient (Wildman–Crippen LogP) is 2.97. The van der Waals surface area contributed by atoms with Gasteiger partial charge in [0.25, 0.3) is 5.91 Å². The monoisotopic (exact) mass is 328 g/mol. The zero-order chi connectivity index (χ0) is 16.8. The molecule has 1 aliphatic heterocycles. The van der Waals surface area contributed by atoms with Crippen molar-refractivity contribution in [2.45, 2.75) is 38.5 Å². The van der Waals surface area contributed by atoms with Gasteiger partial charge in [0.05, 0.1) is 11.6 Å². The van der Waals surface area contributed by atoms with Gasteiger partial charge in [-0.05, 0) is 55.4 Å². The molecule has 0 fully saturated rings. The van der Waals surface area contributed by atoms with E-state index in [0.717, 1.165) is 36.2 Å². The average molecular weight is 328 g/mol. The standard InChI is InChI=1S/C18H21FN4O/c1-10-2-4-13-16(8-10)22-23(17(13)20)18(24)12-6-7-21-15-5-3-11(19)9-14(12)15/h3,5,9-10,12,21H,2,4,6-8,20H2,1H3. The van der Waals surface area contributed by atoms with Gasteiger partial charge in [-0.2, -0.15) is 9.78 Å². The molecule has 0 amide bonds. The third kappa shape index (κ3) is 2.37. The molecule has 2 atom stereocenters. The average Bonchev–Trinajstić information content (AvgIpc) is 2.89. The highest BCUT2D eigenvalue weighted by molar-refractivity contribution is 5.90. The van der Waals surface area contributed by atoms with Crippen LogP contribution in [0.15, 0.2) is 18.2 Å². The van der Waals surface area contributed by atoms with E-state index in [2.05, 4.69) is 17.3 Å². The molecular weight excluding hydrogens is 307 g/mol. The summed E-state index contributed by atoms with van der Waals surface area (Å²) in [5.74, 6) is 0.0974. The summed E-state index contributed by atoms with van der Waals surface area (Å²) in [5, 5.41) is 7.71. The molecular formula is C18H21FN4O. The normalized spacial score (nSPS) is 22.4. The van der Waals surface area contributed by atoms with Gasteiger partial charge in [-0.15, -0.1) is 0 Å². The fraction of sp³-hybridized carbons (Fsp3) is 0.444. The van der Waals surface area contributed by atoms with Crippen LogP contribution >= 0.6 is 0 Å². The summed E-state index contributed by atoms with van der Waals surface area (Å²) >= 11 is 0. The minimum atomic E-state index is -0.418. The highest BCUT2D eigenvalue weighted by Gasteiger charge is 2.32. The molecule has 2 aliphatic rings. The summed E-state index contributed by atoms with van der Waals surface area (Å²) in [6.07, 6.45) is 3.40. The number of rotatable bonds is 1. The topological polar surface area (TPSA) is 72.9 Å². The van der Waals surface area contributed by atoms with Crippen LogP contribution in [0.3, 0.4) is 0 Å². The number of nitrogen functional groups attached to an aromatic ring is 1. The van der Waals surface area contributed by atoms with E-state index < -0.39 is 5.92 Å². The number of nitrogens with two attached hydrogens (primary N) is 1. The van der Waals surface area contributed by atoms with Crippen molar-refractivity contribution in [2.24, 2.45) is 5.92 Å². The maximum Gasteiger partial charge on any atom is 0.256 e. The van der Waals surface area contributed by atoms with Crippen molar-refractivity contribution in [1.29, 1.82) is 0 Å². The minimum absolute atomic E-state index is 0.164. The molecule has 1 aromatic heterocycles. The lowest BCUT2D eigenvalue weighted by atomic mass is 9.89. The Kier molecular flexibility index (Phi) is 3.55. The van der Waals surface area contributed by atoms with E-state index in [9.17, 15) is 9.18 Å². The van der Waals surface area contributed by atoms with E-state index in [1.54, 1.807) is 6.07 Å². The fourth-order valence-corrected chi connectivity index (χ4v) is 3.83. The lowest BCUT2D eigenvalue weighted by Crippen LogP contribution is -2.28. The largest absolute Gasteiger partial charge is 0.385 e. The number of nitrogens with zero attached hydrogens (tertiary/aromatic N) is 2. The van der Waals surface area contributed by atoms with Crippen LogP contribution in [0.1, 0.15) is 47.3 Å². The van der Waals surface area contributed by atoms with Crippen molar-refractivity contribution in [3.8, 4) is 0 Å². The van der Waals surface area contributed by atoms with E-state index in [1.807, 2.05) is 0 Å². The Bertz CT molecular complexity index is 814. The van der Waals surface area contributed by atoms with E-state index in [4.69, 9.17) is 5.73 Å². The number of carbonyl (C=O) groups excluding carboxylic acids is 1. The fourth-order valence-electron chi connectivity index (χ4n) is 3.83. The Hall–Kier alpha value is -2.37. The SMILES string of the molecule is CC1CCc2c(nn(C(=O)C3CCNc4ccc(F)cc43)c2N)C1. The zero-order valence-corrected chi connectivity index (χ0v) is 13.7. The zero-order valence-electron chi connectivity index (χ0n) is 13.7. The Labute approximate surface area is 140 Å². The molecule has 2 aromatic rings. The third-order valence-electron chi connectivity index (χ3n) is 5.18. The first kappa shape index (κ1) is 15.2. The molecule has 126 valence electrons. The number of aromatic nitrogens is 2. The van der Waals surface area contributed by atoms with Crippen molar-refractivity contribution >= 4 is 17.4 Å². The second-order valence-corrected chi connectivity index (χ2v) is 6.91. The van der Waals surface area contributed by atoms with Crippen molar-refractivity contribution in [1.82, 2.24) is 9.78 Å². The van der Waals surface area contributed by atoms with Gasteiger partial charge >= 0.3 is 0 Å². The first-order valence-corrected chi connectivity index (χ1v) is 8.48. The van der Waals surface area contributed by atoms with E-state index in [0.29, 0.717) is 30.3 Å². The molecule has 4 rings (SSSR count). The lowest BCUT2D eigenvalue weighted by molar-refractivity contribution is 0.0859. The summed E-state index contributed by atoms with van der Waals surface area (Å²) in [7, 11) is 0. The highest BCUT2D eigenvalue weighted by atomic mass is 19.1. The number of fused-ring (bicyclic) bond motifs is 2. The molecule has 1 aliphatic carbocycles. The Morgan fingerprint density at radius 1 is 1.42 bits per heavy atom. The van der Waals surface area contributed by atoms with Crippen LogP contribution in [-0.2, 0) is 12.8 Å². The molecule has 0 saturated heterocycles. The summed E-state index contributed by atoms with van der Waals surface area (Å²) in [4.78, 5) is 13.1. The lowest BCUT2D eigenvalue weighted by Gasteiger charge is -2.25. The smallest absolute Gasteiger partial charge is 0.256 e. The summed E-state index contributed by atoms with van der Waals surface area (Å²) in [6.45, 7) is 2.86. The van der Waals surface area contributed by atoms with Gasteiger partial charge in [-0.1, -0.05) is 6.92 Å². The van der Waals surface area contributed by atoms with Crippen molar-refractivity contribution in [3.63, 3.8) is 0 Å². The second-order valence-electron chi connectivity index (χ2n) is 6.91. The molecule has 24 heavy (non-hydrogen) atoms. The van der Waals surface area contributed by atoms with Crippen molar-refractivity contribution in [2.75, 3.05) is 17.6 Å². The second kappa shape index (κ2) is 5.61. The molecule has 6 heteroatoms. The molecule has 3 N–H and O–H groups in total. The summed E-state index contributed by atoms with van der Waals surface area (Å²) < 4.78 is 15.0. The number of anilines is 2. The third-order valence-corrected chi connectivity index (χ3v) is 5.18.